The number of likely N-dealkylation sites (tertiary alicyclic amines) is 1. The van der Waals surface area contributed by atoms with Crippen LogP contribution < -0.4 is 5.32 Å². The molecule has 0 aromatic heterocycles. The van der Waals surface area contributed by atoms with E-state index in [1.807, 2.05) is 30.0 Å². The number of carbonyl (C=O) groups is 2. The van der Waals surface area contributed by atoms with E-state index in [0.29, 0.717) is 41.0 Å². The lowest BCUT2D eigenvalue weighted by Gasteiger charge is -2.34. The molecule has 1 heterocycles. The van der Waals surface area contributed by atoms with Gasteiger partial charge in [-0.3, -0.25) is 14.5 Å². The Morgan fingerprint density at radius 3 is 2.84 bits per heavy atom. The Morgan fingerprint density at radius 1 is 1.32 bits per heavy atom. The van der Waals surface area contributed by atoms with E-state index in [0.717, 1.165) is 30.5 Å². The molecule has 5 unspecified atom stereocenters. The number of halogens is 3. The van der Waals surface area contributed by atoms with Gasteiger partial charge in [-0.05, 0) is 85.3 Å². The van der Waals surface area contributed by atoms with Crippen LogP contribution in [-0.4, -0.2) is 64.6 Å². The van der Waals surface area contributed by atoms with Crippen molar-refractivity contribution in [3.05, 3.63) is 63.3 Å². The number of hydrogen-bond donors (Lipinski definition) is 1. The molecule has 1 spiro atoms. The smallest absolute Gasteiger partial charge is 0.370 e. The molecule has 195 valence electrons. The van der Waals surface area contributed by atoms with Crippen molar-refractivity contribution in [3.63, 3.8) is 0 Å². The van der Waals surface area contributed by atoms with Gasteiger partial charge in [0.25, 0.3) is 0 Å². The number of nitrogens with zero attached hydrogens (tertiary/aromatic N) is 2. The monoisotopic (exact) mass is 666 g/mol. The third kappa shape index (κ3) is 6.04. The number of amides is 2. The van der Waals surface area contributed by atoms with Gasteiger partial charge in [0, 0.05) is 38.6 Å². The summed E-state index contributed by atoms with van der Waals surface area (Å²) in [5.41, 5.74) is 6.11. The van der Waals surface area contributed by atoms with Gasteiger partial charge in [-0.1, -0.05) is 35.3 Å². The van der Waals surface area contributed by atoms with Gasteiger partial charge in [-0.25, -0.2) is 20.3 Å². The minimum absolute atomic E-state index is 0.0621. The second-order valence-electron chi connectivity index (χ2n) is 10.9. The molecule has 3 fully saturated rings. The van der Waals surface area contributed by atoms with Crippen molar-refractivity contribution < 1.29 is 9.59 Å². The van der Waals surface area contributed by atoms with Crippen molar-refractivity contribution in [3.8, 4) is 0 Å². The lowest BCUT2D eigenvalue weighted by atomic mass is 9.87. The van der Waals surface area contributed by atoms with Crippen LogP contribution in [0.3, 0.4) is 0 Å². The van der Waals surface area contributed by atoms with Gasteiger partial charge in [0.1, 0.15) is 4.77 Å². The first kappa shape index (κ1) is 27.8. The zero-order valence-electron chi connectivity index (χ0n) is 21.1. The maximum Gasteiger partial charge on any atom is 0.453 e. The zero-order valence-corrected chi connectivity index (χ0v) is 25.9. The standard InChI is InChI=1S/C28H32Cl2N3O2.Al.HI/c1-19(21-6-7-25(29)26(30)13-21)33(11-9-31-18-34)27(35)8-10-32-17-23-14-24(32)16-28(23)15-22(28)12-20-4-2-3-5-20;;/h2,4-7,13,19,22-24H,8-12,14-17H2,1H3,(H,31,34);;1H/q;+1;/p-1. The largest absolute Gasteiger partial charge is 0.453 e. The molecule has 2 amide bonds. The summed E-state index contributed by atoms with van der Waals surface area (Å²) in [7, 11) is 0. The predicted molar refractivity (Wildman–Crippen MR) is 158 cm³/mol. The average Bonchev–Trinajstić information content (AvgIpc) is 3.28. The van der Waals surface area contributed by atoms with Crippen molar-refractivity contribution in [2.75, 3.05) is 26.2 Å². The van der Waals surface area contributed by atoms with Crippen LogP contribution in [0.5, 0.6) is 0 Å². The molecule has 4 aliphatic rings. The maximum absolute atomic E-state index is 13.5. The van der Waals surface area contributed by atoms with Crippen LogP contribution in [-0.2, 0) is 4.79 Å². The predicted octanol–water partition coefficient (Wildman–Crippen LogP) is 6.18. The van der Waals surface area contributed by atoms with E-state index in [-0.39, 0.29) is 28.7 Å². The Bertz CT molecular complexity index is 1170. The second kappa shape index (κ2) is 11.8. The van der Waals surface area contributed by atoms with Crippen LogP contribution in [0.1, 0.15) is 50.6 Å². The fourth-order valence-electron chi connectivity index (χ4n) is 6.90. The molecule has 5 nitrogen and oxygen atoms in total. The molecule has 2 bridgehead atoms. The number of fused-ring (bicyclic) bond motifs is 3. The molecule has 5 rings (SSSR count). The van der Waals surface area contributed by atoms with Crippen molar-refractivity contribution in [1.29, 1.82) is 0 Å². The quantitative estimate of drug-likeness (QED) is 0.174. The Hall–Kier alpha value is -0.778. The first-order valence-electron chi connectivity index (χ1n) is 13.1. The summed E-state index contributed by atoms with van der Waals surface area (Å²) >= 11 is 14.2. The molecule has 5 atom stereocenters. The summed E-state index contributed by atoms with van der Waals surface area (Å²) in [5.74, 6) is 1.71. The normalized spacial score (nSPS) is 28.0. The number of allylic oxidation sites excluding steroid dienone is 3. The Kier molecular flexibility index (Phi) is 8.83. The van der Waals surface area contributed by atoms with E-state index in [2.05, 4.69) is 48.4 Å². The van der Waals surface area contributed by atoms with Gasteiger partial charge in [0.05, 0.1) is 16.1 Å². The van der Waals surface area contributed by atoms with Crippen molar-refractivity contribution >= 4 is 66.1 Å². The number of hydrogen-bond acceptors (Lipinski definition) is 3. The van der Waals surface area contributed by atoms with Crippen LogP contribution in [0.25, 0.3) is 0 Å². The minimum atomic E-state index is -0.305. The first-order chi connectivity index (χ1) is 17.8. The van der Waals surface area contributed by atoms with Crippen LogP contribution in [0.15, 0.2) is 47.7 Å². The third-order valence-corrected chi connectivity index (χ3v) is 11.8. The molecule has 1 saturated heterocycles. The minimum Gasteiger partial charge on any atom is -0.370 e. The second-order valence-corrected chi connectivity index (χ2v) is 14.4. The van der Waals surface area contributed by atoms with Crippen molar-refractivity contribution in [2.24, 2.45) is 17.3 Å². The van der Waals surface area contributed by atoms with Gasteiger partial charge >= 0.3 is 11.9 Å². The van der Waals surface area contributed by atoms with E-state index in [1.165, 1.54) is 31.3 Å². The molecule has 37 heavy (non-hydrogen) atoms. The van der Waals surface area contributed by atoms with E-state index in [9.17, 15) is 9.59 Å². The number of carbonyl (C=O) groups excluding carboxylic acids is 2. The molecule has 1 aromatic rings. The Morgan fingerprint density at radius 2 is 2.16 bits per heavy atom. The summed E-state index contributed by atoms with van der Waals surface area (Å²) in [6.45, 7) is 4.86. The maximum atomic E-state index is 13.5. The highest BCUT2D eigenvalue weighted by Gasteiger charge is 2.65. The Labute approximate surface area is 247 Å². The molecule has 1 N–H and O–H groups in total. The summed E-state index contributed by atoms with van der Waals surface area (Å²) in [5, 5.41) is 3.92. The Balaban J connectivity index is 1.17. The highest BCUT2D eigenvalue weighted by molar-refractivity contribution is 14.1. The fraction of sp³-hybridized carbons (Fsp3) is 0.536. The molecule has 1 aromatic carbocycles. The molecular formula is C28H32AlCl2IN3O2. The number of rotatable bonds is 11. The summed E-state index contributed by atoms with van der Waals surface area (Å²) in [6.07, 6.45) is 12.0. The van der Waals surface area contributed by atoms with E-state index < -0.39 is 0 Å². The third-order valence-electron chi connectivity index (χ3n) is 8.96. The van der Waals surface area contributed by atoms with Gasteiger partial charge in [0.15, 0.2) is 0 Å². The average molecular weight is 667 g/mol. The molecule has 2 saturated carbocycles. The number of benzene rings is 1. The number of nitrogens with one attached hydrogen (secondary N) is 1. The van der Waals surface area contributed by atoms with Gasteiger partial charge in [-0.2, -0.15) is 0 Å². The number of piperidine rings is 1. The first-order valence-corrected chi connectivity index (χ1v) is 18.6. The molecular weight excluding hydrogens is 635 g/mol. The summed E-state index contributed by atoms with van der Waals surface area (Å²) in [4.78, 5) is 29.8. The molecule has 1 aliphatic heterocycles. The summed E-state index contributed by atoms with van der Waals surface area (Å²) < 4.78 is 0.0621. The van der Waals surface area contributed by atoms with Gasteiger partial charge in [0.2, 0.25) is 5.91 Å². The van der Waals surface area contributed by atoms with E-state index >= 15 is 0 Å². The highest BCUT2D eigenvalue weighted by Crippen LogP contribution is 2.70. The zero-order chi connectivity index (χ0) is 26.2. The fourth-order valence-corrected chi connectivity index (χ4v) is 8.08. The lowest BCUT2D eigenvalue weighted by molar-refractivity contribution is -0.133. The van der Waals surface area contributed by atoms with Crippen LogP contribution in [0, 0.1) is 17.3 Å². The molecule has 1 radical (unpaired) electrons. The van der Waals surface area contributed by atoms with Gasteiger partial charge in [-0.15, -0.1) is 5.73 Å². The SMILES string of the molecule is CC(c1ccc(Cl)c(Cl)c1)N(CCN[C](=O)[Al][I])C(=O)CCN1CC2CC1CC21CC1CC1=CC=C=C1. The van der Waals surface area contributed by atoms with Crippen molar-refractivity contribution in [1.82, 2.24) is 15.1 Å². The van der Waals surface area contributed by atoms with Crippen molar-refractivity contribution in [2.45, 2.75) is 51.1 Å². The van der Waals surface area contributed by atoms with Crippen LogP contribution >= 0.6 is 43.5 Å². The van der Waals surface area contributed by atoms with Crippen LogP contribution in [0.2, 0.25) is 10.0 Å². The molecule has 3 aliphatic carbocycles. The topological polar surface area (TPSA) is 52.7 Å². The molecule has 9 heteroatoms. The highest BCUT2D eigenvalue weighted by atomic mass is 127. The summed E-state index contributed by atoms with van der Waals surface area (Å²) in [6, 6.07) is 5.98. The lowest BCUT2D eigenvalue weighted by Crippen LogP contribution is -2.43. The van der Waals surface area contributed by atoms with E-state index in [4.69, 9.17) is 23.2 Å². The van der Waals surface area contributed by atoms with Crippen LogP contribution in [0.4, 0.5) is 4.79 Å². The van der Waals surface area contributed by atoms with Gasteiger partial charge < -0.3 is 10.2 Å². The van der Waals surface area contributed by atoms with E-state index in [1.54, 1.807) is 6.07 Å².